The van der Waals surface area contributed by atoms with Gasteiger partial charge in [0, 0.05) is 30.1 Å². The molecule has 0 spiro atoms. The van der Waals surface area contributed by atoms with Crippen LogP contribution in [-0.2, 0) is 16.6 Å². The van der Waals surface area contributed by atoms with Crippen molar-refractivity contribution in [1.29, 1.82) is 0 Å². The first-order chi connectivity index (χ1) is 16.7. The summed E-state index contributed by atoms with van der Waals surface area (Å²) >= 11 is 0. The summed E-state index contributed by atoms with van der Waals surface area (Å²) in [7, 11) is 0. The summed E-state index contributed by atoms with van der Waals surface area (Å²) in [5.74, 6) is -1.09. The number of nitrogens with one attached hydrogen (secondary N) is 2. The summed E-state index contributed by atoms with van der Waals surface area (Å²) in [6.07, 6.45) is -0.627. The van der Waals surface area contributed by atoms with Crippen molar-refractivity contribution in [3.05, 3.63) is 66.1 Å². The van der Waals surface area contributed by atoms with Crippen molar-refractivity contribution in [2.75, 3.05) is 10.6 Å². The Kier molecular flexibility index (Phi) is 5.46. The Morgan fingerprint density at radius 1 is 1.03 bits per heavy atom. The van der Waals surface area contributed by atoms with Crippen LogP contribution in [0, 0.1) is 5.82 Å². The van der Waals surface area contributed by atoms with Crippen LogP contribution < -0.4 is 10.6 Å². The SMILES string of the molecule is O=C(Cc1ccc(-c2cnc(Nc3ccon3)nc2)cc1F)Nc1cc(C2(C(F)(F)F)CC2)on1. The number of alkyl halides is 3. The van der Waals surface area contributed by atoms with E-state index in [0.717, 1.165) is 6.07 Å². The summed E-state index contributed by atoms with van der Waals surface area (Å²) in [5, 5.41) is 12.4. The van der Waals surface area contributed by atoms with Gasteiger partial charge < -0.3 is 19.7 Å². The van der Waals surface area contributed by atoms with Crippen LogP contribution >= 0.6 is 0 Å². The maximum atomic E-state index is 14.7. The summed E-state index contributed by atoms with van der Waals surface area (Å²) < 4.78 is 63.8. The average Bonchev–Trinajstić information content (AvgIpc) is 3.25. The number of aromatic nitrogens is 4. The van der Waals surface area contributed by atoms with Crippen LogP contribution in [-0.4, -0.2) is 32.4 Å². The molecule has 1 aliphatic carbocycles. The lowest BCUT2D eigenvalue weighted by molar-refractivity contribution is -0.165. The van der Waals surface area contributed by atoms with Gasteiger partial charge in [-0.3, -0.25) is 4.79 Å². The van der Waals surface area contributed by atoms with Gasteiger partial charge in [0.15, 0.2) is 17.4 Å². The molecule has 1 saturated carbocycles. The molecule has 2 N–H and O–H groups in total. The molecule has 0 bridgehead atoms. The maximum Gasteiger partial charge on any atom is 0.401 e. The predicted molar refractivity (Wildman–Crippen MR) is 113 cm³/mol. The van der Waals surface area contributed by atoms with Crippen molar-refractivity contribution in [2.45, 2.75) is 30.9 Å². The number of rotatable bonds is 7. The minimum atomic E-state index is -4.46. The Bertz CT molecular complexity index is 1350. The van der Waals surface area contributed by atoms with Crippen molar-refractivity contribution in [3.63, 3.8) is 0 Å². The number of anilines is 3. The lowest BCUT2D eigenvalue weighted by Gasteiger charge is -2.14. The number of nitrogens with zero attached hydrogens (tertiary/aromatic N) is 4. The van der Waals surface area contributed by atoms with E-state index in [9.17, 15) is 22.4 Å². The minimum Gasteiger partial charge on any atom is -0.363 e. The molecule has 3 aromatic heterocycles. The molecule has 35 heavy (non-hydrogen) atoms. The van der Waals surface area contributed by atoms with Crippen molar-refractivity contribution in [1.82, 2.24) is 20.3 Å². The highest BCUT2D eigenvalue weighted by Crippen LogP contribution is 2.59. The van der Waals surface area contributed by atoms with Crippen LogP contribution in [0.15, 0.2) is 58.0 Å². The lowest BCUT2D eigenvalue weighted by Crippen LogP contribution is -2.28. The standard InChI is InChI=1S/C22H16F4N6O3/c23-15-7-12(14-10-27-20(28-11-14)30-17-3-6-34-31-17)1-2-13(15)8-19(33)29-18-9-16(35-32-18)21(4-5-21)22(24,25)26/h1-3,6-7,9-11H,4-5,8H2,(H,29,32,33)(H,27,28,30,31). The molecule has 0 unspecified atom stereocenters. The number of hydrogen-bond acceptors (Lipinski definition) is 8. The zero-order valence-electron chi connectivity index (χ0n) is 17.8. The van der Waals surface area contributed by atoms with Crippen LogP contribution in [0.2, 0.25) is 0 Å². The average molecular weight is 488 g/mol. The van der Waals surface area contributed by atoms with E-state index in [1.54, 1.807) is 12.1 Å². The number of amides is 1. The fourth-order valence-corrected chi connectivity index (χ4v) is 3.52. The first kappa shape index (κ1) is 22.5. The Balaban J connectivity index is 1.22. The third kappa shape index (κ3) is 4.56. The van der Waals surface area contributed by atoms with Gasteiger partial charge in [-0.25, -0.2) is 14.4 Å². The van der Waals surface area contributed by atoms with Gasteiger partial charge in [-0.1, -0.05) is 22.4 Å². The van der Waals surface area contributed by atoms with E-state index in [1.807, 2.05) is 0 Å². The number of hydrogen-bond donors (Lipinski definition) is 2. The van der Waals surface area contributed by atoms with Crippen molar-refractivity contribution in [2.24, 2.45) is 0 Å². The van der Waals surface area contributed by atoms with Crippen molar-refractivity contribution in [3.8, 4) is 11.1 Å². The topological polar surface area (TPSA) is 119 Å². The molecule has 1 fully saturated rings. The fourth-order valence-electron chi connectivity index (χ4n) is 3.52. The molecular weight excluding hydrogens is 472 g/mol. The van der Waals surface area contributed by atoms with Gasteiger partial charge in [0.1, 0.15) is 17.5 Å². The molecule has 5 rings (SSSR count). The molecular formula is C22H16F4N6O3. The van der Waals surface area contributed by atoms with Crippen LogP contribution in [0.3, 0.4) is 0 Å². The molecule has 0 atom stereocenters. The summed E-state index contributed by atoms with van der Waals surface area (Å²) in [6.45, 7) is 0. The second-order valence-corrected chi connectivity index (χ2v) is 7.99. The van der Waals surface area contributed by atoms with E-state index in [2.05, 4.69) is 30.9 Å². The van der Waals surface area contributed by atoms with E-state index < -0.39 is 23.3 Å². The van der Waals surface area contributed by atoms with Crippen molar-refractivity contribution >= 4 is 23.5 Å². The smallest absolute Gasteiger partial charge is 0.363 e. The second-order valence-electron chi connectivity index (χ2n) is 7.99. The van der Waals surface area contributed by atoms with Gasteiger partial charge in [0.05, 0.1) is 6.42 Å². The highest BCUT2D eigenvalue weighted by atomic mass is 19.4. The second kappa shape index (κ2) is 8.49. The molecule has 4 aromatic rings. The summed E-state index contributed by atoms with van der Waals surface area (Å²) in [6, 6.07) is 6.92. The monoisotopic (exact) mass is 488 g/mol. The third-order valence-electron chi connectivity index (χ3n) is 5.61. The van der Waals surface area contributed by atoms with Gasteiger partial charge in [-0.2, -0.15) is 13.2 Å². The fraction of sp³-hybridized carbons (Fsp3) is 0.227. The quantitative estimate of drug-likeness (QED) is 0.357. The van der Waals surface area contributed by atoms with E-state index >= 15 is 0 Å². The largest absolute Gasteiger partial charge is 0.401 e. The molecule has 1 aliphatic rings. The highest BCUT2D eigenvalue weighted by Gasteiger charge is 2.66. The molecule has 1 aromatic carbocycles. The van der Waals surface area contributed by atoms with Gasteiger partial charge in [0.25, 0.3) is 0 Å². The zero-order valence-corrected chi connectivity index (χ0v) is 17.8. The number of carbonyl (C=O) groups excluding carboxylic acids is 1. The molecule has 180 valence electrons. The van der Waals surface area contributed by atoms with E-state index in [-0.39, 0.29) is 42.4 Å². The van der Waals surface area contributed by atoms with Gasteiger partial charge in [0.2, 0.25) is 11.9 Å². The Hall–Kier alpha value is -4.29. The lowest BCUT2D eigenvalue weighted by atomic mass is 10.0. The number of benzene rings is 1. The predicted octanol–water partition coefficient (Wildman–Crippen LogP) is 4.78. The van der Waals surface area contributed by atoms with Gasteiger partial charge in [-0.15, -0.1) is 0 Å². The van der Waals surface area contributed by atoms with E-state index in [4.69, 9.17) is 9.05 Å². The van der Waals surface area contributed by atoms with Crippen LogP contribution in [0.4, 0.5) is 35.1 Å². The Morgan fingerprint density at radius 2 is 1.80 bits per heavy atom. The molecule has 13 heteroatoms. The first-order valence-corrected chi connectivity index (χ1v) is 10.4. The van der Waals surface area contributed by atoms with E-state index in [0.29, 0.717) is 16.9 Å². The number of halogens is 4. The molecule has 0 saturated heterocycles. The zero-order chi connectivity index (χ0) is 24.6. The Labute approximate surface area is 194 Å². The maximum absolute atomic E-state index is 14.7. The first-order valence-electron chi connectivity index (χ1n) is 10.4. The summed E-state index contributed by atoms with van der Waals surface area (Å²) in [5.41, 5.74) is -0.921. The van der Waals surface area contributed by atoms with Crippen LogP contribution in [0.25, 0.3) is 11.1 Å². The third-order valence-corrected chi connectivity index (χ3v) is 5.61. The van der Waals surface area contributed by atoms with Crippen molar-refractivity contribution < 1.29 is 31.4 Å². The Morgan fingerprint density at radius 3 is 2.43 bits per heavy atom. The minimum absolute atomic E-state index is 0.0918. The summed E-state index contributed by atoms with van der Waals surface area (Å²) in [4.78, 5) is 20.6. The van der Waals surface area contributed by atoms with Gasteiger partial charge in [-0.05, 0) is 30.0 Å². The van der Waals surface area contributed by atoms with E-state index in [1.165, 1.54) is 30.8 Å². The highest BCUT2D eigenvalue weighted by molar-refractivity contribution is 5.91. The van der Waals surface area contributed by atoms with Gasteiger partial charge >= 0.3 is 6.18 Å². The number of carbonyl (C=O) groups is 1. The van der Waals surface area contributed by atoms with Crippen LogP contribution in [0.5, 0.6) is 0 Å². The molecule has 0 radical (unpaired) electrons. The molecule has 0 aliphatic heterocycles. The normalized spacial score (nSPS) is 14.5. The van der Waals surface area contributed by atoms with Crippen LogP contribution in [0.1, 0.15) is 24.2 Å². The molecule has 1 amide bonds. The molecule has 9 nitrogen and oxygen atoms in total. The molecule has 3 heterocycles.